The molecule has 0 saturated carbocycles. The van der Waals surface area contributed by atoms with Crippen molar-refractivity contribution in [2.45, 2.75) is 70.3 Å². The Kier molecular flexibility index (Phi) is 12.8. The molecule has 12 nitrogen and oxygen atoms in total. The molecule has 0 aliphatic heterocycles. The van der Waals surface area contributed by atoms with Gasteiger partial charge in [-0.1, -0.05) is 13.8 Å². The van der Waals surface area contributed by atoms with Crippen molar-refractivity contribution in [1.29, 1.82) is 0 Å². The summed E-state index contributed by atoms with van der Waals surface area (Å²) in [5.41, 5.74) is 5.67. The quantitative estimate of drug-likeness (QED) is 0.134. The lowest BCUT2D eigenvalue weighted by Gasteiger charge is -2.25. The van der Waals surface area contributed by atoms with Gasteiger partial charge in [-0.2, -0.15) is 12.6 Å². The Labute approximate surface area is 185 Å². The molecule has 3 amide bonds. The zero-order chi connectivity index (χ0) is 24.3. The molecule has 0 heterocycles. The van der Waals surface area contributed by atoms with Gasteiger partial charge in [0, 0.05) is 12.2 Å². The van der Waals surface area contributed by atoms with Crippen LogP contribution in [0, 0.1) is 5.92 Å². The molecule has 13 heteroatoms. The fourth-order valence-corrected chi connectivity index (χ4v) is 2.76. The van der Waals surface area contributed by atoms with E-state index in [4.69, 9.17) is 15.9 Å². The van der Waals surface area contributed by atoms with Crippen molar-refractivity contribution >= 4 is 42.3 Å². The summed E-state index contributed by atoms with van der Waals surface area (Å²) in [5, 5.41) is 34.2. The summed E-state index contributed by atoms with van der Waals surface area (Å²) >= 11 is 3.99. The lowest BCUT2D eigenvalue weighted by Crippen LogP contribution is -2.59. The van der Waals surface area contributed by atoms with E-state index in [0.717, 1.165) is 0 Å². The van der Waals surface area contributed by atoms with E-state index < -0.39 is 59.9 Å². The Bertz CT molecular complexity index is 658. The van der Waals surface area contributed by atoms with Crippen molar-refractivity contribution in [1.82, 2.24) is 16.0 Å². The monoisotopic (exact) mass is 464 g/mol. The molecule has 0 saturated heterocycles. The maximum atomic E-state index is 12.7. The summed E-state index contributed by atoms with van der Waals surface area (Å²) in [4.78, 5) is 59.0. The van der Waals surface area contributed by atoms with E-state index in [1.807, 2.05) is 0 Å². The number of carboxylic acid groups (broad SMARTS) is 2. The number of aliphatic hydroxyl groups is 1. The molecule has 0 aromatic carbocycles. The second-order valence-electron chi connectivity index (χ2n) is 7.54. The van der Waals surface area contributed by atoms with E-state index in [1.54, 1.807) is 13.8 Å². The van der Waals surface area contributed by atoms with Crippen LogP contribution < -0.4 is 21.7 Å². The molecule has 0 bridgehead atoms. The van der Waals surface area contributed by atoms with Gasteiger partial charge >= 0.3 is 11.9 Å². The third kappa shape index (κ3) is 11.0. The Morgan fingerprint density at radius 1 is 0.903 bits per heavy atom. The van der Waals surface area contributed by atoms with Gasteiger partial charge in [0.1, 0.15) is 12.1 Å². The second kappa shape index (κ2) is 13.8. The summed E-state index contributed by atoms with van der Waals surface area (Å²) < 4.78 is 0. The first-order valence-electron chi connectivity index (χ1n) is 9.70. The first-order chi connectivity index (χ1) is 14.3. The molecule has 0 aromatic heterocycles. The van der Waals surface area contributed by atoms with Gasteiger partial charge in [-0.05, 0) is 25.7 Å². The van der Waals surface area contributed by atoms with Crippen LogP contribution >= 0.6 is 12.6 Å². The van der Waals surface area contributed by atoms with Crippen LogP contribution in [-0.4, -0.2) is 81.0 Å². The van der Waals surface area contributed by atoms with Crippen molar-refractivity contribution in [2.75, 3.05) is 5.75 Å². The van der Waals surface area contributed by atoms with Crippen LogP contribution in [0.25, 0.3) is 0 Å². The molecular formula is C18H32N4O8S. The molecule has 8 N–H and O–H groups in total. The van der Waals surface area contributed by atoms with Crippen molar-refractivity contribution in [3.63, 3.8) is 0 Å². The first-order valence-corrected chi connectivity index (χ1v) is 10.3. The lowest BCUT2D eigenvalue weighted by molar-refractivity contribution is -0.145. The predicted molar refractivity (Wildman–Crippen MR) is 113 cm³/mol. The highest BCUT2D eigenvalue weighted by Crippen LogP contribution is 2.07. The maximum Gasteiger partial charge on any atom is 0.328 e. The number of rotatable bonds is 14. The number of carbonyl (C=O) groups excluding carboxylic acids is 3. The SMILES string of the molecule is CC(C)CC(NC(=O)C(N)CCC(=O)O)C(=O)NC(CS)C(=O)NC(C(=O)O)C(C)O. The zero-order valence-electron chi connectivity index (χ0n) is 17.7. The molecule has 5 atom stereocenters. The highest BCUT2D eigenvalue weighted by atomic mass is 32.1. The number of hydrogen-bond acceptors (Lipinski definition) is 8. The Balaban J connectivity index is 5.21. The van der Waals surface area contributed by atoms with E-state index in [1.165, 1.54) is 6.92 Å². The normalized spacial score (nSPS) is 15.8. The van der Waals surface area contributed by atoms with Crippen LogP contribution in [0.2, 0.25) is 0 Å². The topological polar surface area (TPSA) is 208 Å². The summed E-state index contributed by atoms with van der Waals surface area (Å²) in [6.07, 6.45) is -1.60. The number of aliphatic hydroxyl groups excluding tert-OH is 1. The lowest BCUT2D eigenvalue weighted by atomic mass is 10.0. The van der Waals surface area contributed by atoms with Gasteiger partial charge in [0.15, 0.2) is 6.04 Å². The number of nitrogens with one attached hydrogen (secondary N) is 3. The molecular weight excluding hydrogens is 432 g/mol. The molecule has 0 aromatic rings. The van der Waals surface area contributed by atoms with Gasteiger partial charge in [0.25, 0.3) is 0 Å². The van der Waals surface area contributed by atoms with E-state index >= 15 is 0 Å². The smallest absolute Gasteiger partial charge is 0.328 e. The minimum Gasteiger partial charge on any atom is -0.481 e. The third-order valence-corrected chi connectivity index (χ3v) is 4.57. The van der Waals surface area contributed by atoms with E-state index in [2.05, 4.69) is 28.6 Å². The number of carboxylic acids is 2. The predicted octanol–water partition coefficient (Wildman–Crippen LogP) is -1.93. The number of carbonyl (C=O) groups is 5. The summed E-state index contributed by atoms with van der Waals surface area (Å²) in [6.45, 7) is 4.80. The molecule has 0 radical (unpaired) electrons. The van der Waals surface area contributed by atoms with E-state index in [-0.39, 0.29) is 30.9 Å². The van der Waals surface area contributed by atoms with Crippen LogP contribution in [0.3, 0.4) is 0 Å². The molecule has 0 fully saturated rings. The molecule has 0 aliphatic rings. The fraction of sp³-hybridized carbons (Fsp3) is 0.722. The highest BCUT2D eigenvalue weighted by Gasteiger charge is 2.31. The highest BCUT2D eigenvalue weighted by molar-refractivity contribution is 7.80. The van der Waals surface area contributed by atoms with Crippen molar-refractivity contribution in [3.05, 3.63) is 0 Å². The molecule has 0 rings (SSSR count). The van der Waals surface area contributed by atoms with Crippen LogP contribution in [0.15, 0.2) is 0 Å². The average molecular weight is 465 g/mol. The van der Waals surface area contributed by atoms with Crippen LogP contribution in [-0.2, 0) is 24.0 Å². The molecule has 31 heavy (non-hydrogen) atoms. The van der Waals surface area contributed by atoms with Gasteiger partial charge < -0.3 is 37.0 Å². The molecule has 5 unspecified atom stereocenters. The minimum atomic E-state index is -1.58. The van der Waals surface area contributed by atoms with E-state index in [9.17, 15) is 29.1 Å². The third-order valence-electron chi connectivity index (χ3n) is 4.21. The van der Waals surface area contributed by atoms with Crippen molar-refractivity contribution in [2.24, 2.45) is 11.7 Å². The first kappa shape index (κ1) is 28.6. The zero-order valence-corrected chi connectivity index (χ0v) is 18.6. The standard InChI is InChI=1S/C18H32N4O8S/c1-8(2)6-11(20-15(26)10(19)4-5-13(24)25)16(27)21-12(7-31)17(28)22-14(9(3)23)18(29)30/h8-12,14,23,31H,4-7,19H2,1-3H3,(H,20,26)(H,21,27)(H,22,28)(H,24,25)(H,29,30). The summed E-state index contributed by atoms with van der Waals surface area (Å²) in [6, 6.07) is -5.01. The molecule has 0 spiro atoms. The number of thiol groups is 1. The van der Waals surface area contributed by atoms with Gasteiger partial charge in [0.05, 0.1) is 12.1 Å². The summed E-state index contributed by atoms with van der Waals surface area (Å²) in [7, 11) is 0. The van der Waals surface area contributed by atoms with Crippen LogP contribution in [0.5, 0.6) is 0 Å². The minimum absolute atomic E-state index is 0.0267. The largest absolute Gasteiger partial charge is 0.481 e. The molecule has 0 aliphatic carbocycles. The van der Waals surface area contributed by atoms with Crippen LogP contribution in [0.1, 0.15) is 40.0 Å². The van der Waals surface area contributed by atoms with Gasteiger partial charge in [-0.25, -0.2) is 4.79 Å². The van der Waals surface area contributed by atoms with Gasteiger partial charge in [-0.3, -0.25) is 19.2 Å². The number of hydrogen-bond donors (Lipinski definition) is 8. The average Bonchev–Trinajstić information content (AvgIpc) is 2.66. The second-order valence-corrected chi connectivity index (χ2v) is 7.90. The maximum absolute atomic E-state index is 12.7. The summed E-state index contributed by atoms with van der Waals surface area (Å²) in [5.74, 6) is -5.07. The van der Waals surface area contributed by atoms with E-state index in [0.29, 0.717) is 0 Å². The number of amides is 3. The van der Waals surface area contributed by atoms with Crippen molar-refractivity contribution < 1.29 is 39.3 Å². The Morgan fingerprint density at radius 3 is 1.84 bits per heavy atom. The van der Waals surface area contributed by atoms with Gasteiger partial charge in [-0.15, -0.1) is 0 Å². The number of aliphatic carboxylic acids is 2. The van der Waals surface area contributed by atoms with Gasteiger partial charge in [0.2, 0.25) is 17.7 Å². The van der Waals surface area contributed by atoms with Crippen LogP contribution in [0.4, 0.5) is 0 Å². The number of nitrogens with two attached hydrogens (primary N) is 1. The Morgan fingerprint density at radius 2 is 1.42 bits per heavy atom. The fourth-order valence-electron chi connectivity index (χ4n) is 2.50. The molecule has 178 valence electrons. The van der Waals surface area contributed by atoms with Crippen molar-refractivity contribution in [3.8, 4) is 0 Å². The Hall–Kier alpha value is -2.38.